The second-order valence-electron chi connectivity index (χ2n) is 9.34. The van der Waals surface area contributed by atoms with Gasteiger partial charge in [-0.05, 0) is 54.8 Å². The summed E-state index contributed by atoms with van der Waals surface area (Å²) in [5.74, 6) is 2.08. The smallest absolute Gasteiger partial charge is 0.227 e. The zero-order valence-electron chi connectivity index (χ0n) is 19.3. The van der Waals surface area contributed by atoms with Crippen LogP contribution in [0, 0.1) is 5.92 Å². The van der Waals surface area contributed by atoms with Crippen molar-refractivity contribution in [3.63, 3.8) is 0 Å². The van der Waals surface area contributed by atoms with Gasteiger partial charge >= 0.3 is 0 Å². The first-order valence-electron chi connectivity index (χ1n) is 12.2. The van der Waals surface area contributed by atoms with Crippen molar-refractivity contribution in [2.24, 2.45) is 5.92 Å². The predicted octanol–water partition coefficient (Wildman–Crippen LogP) is 3.62. The molecule has 1 amide bonds. The van der Waals surface area contributed by atoms with Gasteiger partial charge in [-0.3, -0.25) is 14.7 Å². The summed E-state index contributed by atoms with van der Waals surface area (Å²) in [7, 11) is 0. The van der Waals surface area contributed by atoms with Gasteiger partial charge in [0.25, 0.3) is 0 Å². The number of hydrogen-bond donors (Lipinski definition) is 0. The van der Waals surface area contributed by atoms with E-state index < -0.39 is 0 Å². The van der Waals surface area contributed by atoms with E-state index in [1.54, 1.807) is 12.4 Å². The first-order chi connectivity index (χ1) is 16.3. The highest BCUT2D eigenvalue weighted by atomic mass is 16.2. The van der Waals surface area contributed by atoms with E-state index >= 15 is 0 Å². The first-order valence-corrected chi connectivity index (χ1v) is 12.2. The van der Waals surface area contributed by atoms with E-state index in [1.165, 1.54) is 17.2 Å². The number of aromatic nitrogens is 2. The monoisotopic (exact) mass is 443 g/mol. The van der Waals surface area contributed by atoms with E-state index in [-0.39, 0.29) is 5.91 Å². The summed E-state index contributed by atoms with van der Waals surface area (Å²) >= 11 is 0. The van der Waals surface area contributed by atoms with Crippen molar-refractivity contribution in [3.05, 3.63) is 66.6 Å². The van der Waals surface area contributed by atoms with Crippen molar-refractivity contribution < 1.29 is 4.79 Å². The van der Waals surface area contributed by atoms with E-state index in [4.69, 9.17) is 4.98 Å². The van der Waals surface area contributed by atoms with Crippen LogP contribution in [0.1, 0.15) is 24.8 Å². The van der Waals surface area contributed by atoms with Crippen molar-refractivity contribution >= 4 is 22.5 Å². The van der Waals surface area contributed by atoms with Crippen LogP contribution in [0.2, 0.25) is 0 Å². The number of hydrogen-bond acceptors (Lipinski definition) is 5. The molecular weight excluding hydrogens is 410 g/mol. The summed E-state index contributed by atoms with van der Waals surface area (Å²) in [5.41, 5.74) is 1.00. The molecule has 0 radical (unpaired) electrons. The van der Waals surface area contributed by atoms with E-state index in [0.29, 0.717) is 6.42 Å². The Hall–Kier alpha value is -2.99. The predicted molar refractivity (Wildman–Crippen MR) is 132 cm³/mol. The molecule has 6 nitrogen and oxygen atoms in total. The Balaban J connectivity index is 1.05. The quantitative estimate of drug-likeness (QED) is 0.582. The number of pyridine rings is 2. The molecule has 5 rings (SSSR count). The lowest BCUT2D eigenvalue weighted by Gasteiger charge is -2.37. The molecule has 3 aromatic rings. The number of anilines is 1. The highest BCUT2D eigenvalue weighted by Gasteiger charge is 2.24. The second-order valence-corrected chi connectivity index (χ2v) is 9.34. The zero-order chi connectivity index (χ0) is 22.5. The molecule has 6 heteroatoms. The van der Waals surface area contributed by atoms with Crippen LogP contribution in [-0.4, -0.2) is 71.5 Å². The van der Waals surface area contributed by atoms with Gasteiger partial charge in [-0.15, -0.1) is 0 Å². The van der Waals surface area contributed by atoms with Gasteiger partial charge < -0.3 is 9.80 Å². The van der Waals surface area contributed by atoms with Crippen LogP contribution in [0.3, 0.4) is 0 Å². The maximum atomic E-state index is 12.6. The molecule has 2 saturated heterocycles. The van der Waals surface area contributed by atoms with Crippen LogP contribution >= 0.6 is 0 Å². The molecule has 2 aliphatic heterocycles. The number of carbonyl (C=O) groups is 1. The van der Waals surface area contributed by atoms with Crippen molar-refractivity contribution in [1.29, 1.82) is 0 Å². The largest absolute Gasteiger partial charge is 0.354 e. The second kappa shape index (κ2) is 10.3. The molecule has 0 unspecified atom stereocenters. The summed E-state index contributed by atoms with van der Waals surface area (Å²) in [6.07, 6.45) is 9.42. The summed E-state index contributed by atoms with van der Waals surface area (Å²) < 4.78 is 0. The average molecular weight is 444 g/mol. The SMILES string of the molecule is O=C(Cc1cccnc1)N1CCC(CCN2CCN(c3nccc4ccccc34)CC2)CC1. The lowest BCUT2D eigenvalue weighted by Crippen LogP contribution is -2.47. The minimum Gasteiger partial charge on any atom is -0.354 e. The third kappa shape index (κ3) is 5.33. The van der Waals surface area contributed by atoms with E-state index in [9.17, 15) is 4.79 Å². The Morgan fingerprint density at radius 3 is 2.52 bits per heavy atom. The number of piperidine rings is 1. The topological polar surface area (TPSA) is 52.6 Å². The first kappa shape index (κ1) is 21.8. The molecule has 172 valence electrons. The molecule has 0 aliphatic carbocycles. The number of carbonyl (C=O) groups excluding carboxylic acids is 1. The van der Waals surface area contributed by atoms with Crippen LogP contribution in [0.4, 0.5) is 5.82 Å². The minimum absolute atomic E-state index is 0.236. The van der Waals surface area contributed by atoms with Crippen LogP contribution in [0.25, 0.3) is 10.8 Å². The number of fused-ring (bicyclic) bond motifs is 1. The lowest BCUT2D eigenvalue weighted by atomic mass is 9.93. The van der Waals surface area contributed by atoms with Gasteiger partial charge in [0.05, 0.1) is 6.42 Å². The number of nitrogens with zero attached hydrogens (tertiary/aromatic N) is 5. The van der Waals surface area contributed by atoms with Crippen molar-refractivity contribution in [1.82, 2.24) is 19.8 Å². The molecule has 4 heterocycles. The highest BCUT2D eigenvalue weighted by Crippen LogP contribution is 2.26. The number of likely N-dealkylation sites (tertiary alicyclic amines) is 1. The maximum Gasteiger partial charge on any atom is 0.227 e. The van der Waals surface area contributed by atoms with E-state index in [2.05, 4.69) is 45.1 Å². The molecular formula is C27H33N5O. The molecule has 0 saturated carbocycles. The molecule has 0 N–H and O–H groups in total. The molecule has 2 aromatic heterocycles. The Morgan fingerprint density at radius 1 is 0.909 bits per heavy atom. The fourth-order valence-electron chi connectivity index (χ4n) is 5.16. The van der Waals surface area contributed by atoms with Crippen LogP contribution in [-0.2, 0) is 11.2 Å². The zero-order valence-corrected chi connectivity index (χ0v) is 19.3. The fraction of sp³-hybridized carbons (Fsp3) is 0.444. The van der Waals surface area contributed by atoms with E-state index in [1.807, 2.05) is 23.2 Å². The van der Waals surface area contributed by atoms with Crippen molar-refractivity contribution in [3.8, 4) is 0 Å². The number of amides is 1. The van der Waals surface area contributed by atoms with Crippen LogP contribution < -0.4 is 4.90 Å². The van der Waals surface area contributed by atoms with Gasteiger partial charge in [-0.25, -0.2) is 4.98 Å². The summed E-state index contributed by atoms with van der Waals surface area (Å²) in [5, 5.41) is 2.51. The molecule has 0 spiro atoms. The Kier molecular flexibility index (Phi) is 6.81. The normalized spacial score (nSPS) is 18.1. The summed E-state index contributed by atoms with van der Waals surface area (Å²) in [4.78, 5) is 28.5. The third-order valence-corrected chi connectivity index (χ3v) is 7.22. The summed E-state index contributed by atoms with van der Waals surface area (Å²) in [6, 6.07) is 14.5. The Labute approximate surface area is 196 Å². The van der Waals surface area contributed by atoms with Crippen LogP contribution in [0.5, 0.6) is 0 Å². The van der Waals surface area contributed by atoms with Gasteiger partial charge in [0, 0.05) is 63.2 Å². The molecule has 33 heavy (non-hydrogen) atoms. The van der Waals surface area contributed by atoms with Gasteiger partial charge in [-0.1, -0.05) is 30.3 Å². The van der Waals surface area contributed by atoms with Crippen molar-refractivity contribution in [2.75, 3.05) is 50.7 Å². The Bertz CT molecular complexity index is 1050. The van der Waals surface area contributed by atoms with Gasteiger partial charge in [0.15, 0.2) is 0 Å². The number of rotatable bonds is 6. The minimum atomic E-state index is 0.236. The van der Waals surface area contributed by atoms with Crippen molar-refractivity contribution in [2.45, 2.75) is 25.7 Å². The number of piperazine rings is 1. The maximum absolute atomic E-state index is 12.6. The standard InChI is InChI=1S/C27H33N5O/c33-26(20-23-4-3-11-28-21-23)31-14-9-22(10-15-31)8-13-30-16-18-32(19-17-30)27-25-6-2-1-5-24(25)7-12-29-27/h1-7,11-12,21-22H,8-10,13-20H2. The highest BCUT2D eigenvalue weighted by molar-refractivity contribution is 5.92. The number of benzene rings is 1. The van der Waals surface area contributed by atoms with Gasteiger partial charge in [0.1, 0.15) is 5.82 Å². The van der Waals surface area contributed by atoms with Gasteiger partial charge in [-0.2, -0.15) is 0 Å². The Morgan fingerprint density at radius 2 is 1.73 bits per heavy atom. The summed E-state index contributed by atoms with van der Waals surface area (Å²) in [6.45, 7) is 7.19. The lowest BCUT2D eigenvalue weighted by molar-refractivity contribution is -0.131. The van der Waals surface area contributed by atoms with E-state index in [0.717, 1.165) is 76.0 Å². The molecule has 2 aliphatic rings. The third-order valence-electron chi connectivity index (χ3n) is 7.22. The van der Waals surface area contributed by atoms with Gasteiger partial charge in [0.2, 0.25) is 5.91 Å². The molecule has 1 aromatic carbocycles. The average Bonchev–Trinajstić information content (AvgIpc) is 2.88. The van der Waals surface area contributed by atoms with Crippen LogP contribution in [0.15, 0.2) is 61.1 Å². The molecule has 0 atom stereocenters. The fourth-order valence-corrected chi connectivity index (χ4v) is 5.16. The molecule has 2 fully saturated rings. The molecule has 0 bridgehead atoms.